The lowest BCUT2D eigenvalue weighted by molar-refractivity contribution is -0.0259. The average Bonchev–Trinajstić information content (AvgIpc) is 2.80. The normalized spacial score (nSPS) is 16.1. The number of likely N-dealkylation sites (tertiary alicyclic amines) is 1. The maximum absolute atomic E-state index is 13.4. The van der Waals surface area contributed by atoms with Crippen molar-refractivity contribution in [2.45, 2.75) is 24.9 Å². The highest BCUT2D eigenvalue weighted by Gasteiger charge is 2.33. The molecule has 32 heavy (non-hydrogen) atoms. The fourth-order valence-corrected chi connectivity index (χ4v) is 4.30. The van der Waals surface area contributed by atoms with E-state index in [1.165, 1.54) is 36.4 Å². The molecule has 1 fully saturated rings. The van der Waals surface area contributed by atoms with E-state index in [2.05, 4.69) is 9.80 Å². The topological polar surface area (TPSA) is 26.7 Å². The first-order chi connectivity index (χ1) is 15.4. The van der Waals surface area contributed by atoms with Crippen LogP contribution < -0.4 is 4.90 Å². The molecule has 0 unspecified atom stereocenters. The van der Waals surface area contributed by atoms with Crippen LogP contribution in [-0.4, -0.2) is 36.2 Å². The van der Waals surface area contributed by atoms with Crippen LogP contribution in [0.25, 0.3) is 0 Å². The molecule has 3 nitrogen and oxygen atoms in total. The first-order valence-electron chi connectivity index (χ1n) is 10.9. The number of anilines is 2. The zero-order chi connectivity index (χ0) is 22.6. The van der Waals surface area contributed by atoms with E-state index >= 15 is 0 Å². The minimum Gasteiger partial charge on any atom is -0.385 e. The first kappa shape index (κ1) is 22.4. The largest absolute Gasteiger partial charge is 0.385 e. The van der Waals surface area contributed by atoms with Crippen molar-refractivity contribution in [1.82, 2.24) is 4.90 Å². The standard InChI is InChI=1S/C26H27F3N2O/c27-21-4-2-20(3-5-21)26(32)14-18-30(19-15-26)16-1-17-31(24-10-6-22(28)7-11-24)25-12-8-23(29)9-13-25/h2-13,32H,1,14-19H2. The quantitative estimate of drug-likeness (QED) is 0.517. The Morgan fingerprint density at radius 3 is 1.62 bits per heavy atom. The van der Waals surface area contributed by atoms with Gasteiger partial charge < -0.3 is 14.9 Å². The van der Waals surface area contributed by atoms with E-state index in [0.29, 0.717) is 19.4 Å². The van der Waals surface area contributed by atoms with Crippen molar-refractivity contribution in [2.24, 2.45) is 0 Å². The number of aliphatic hydroxyl groups is 1. The summed E-state index contributed by atoms with van der Waals surface area (Å²) in [6.07, 6.45) is 2.04. The number of halogens is 3. The highest BCUT2D eigenvalue weighted by Crippen LogP contribution is 2.33. The van der Waals surface area contributed by atoms with E-state index in [1.807, 2.05) is 0 Å². The summed E-state index contributed by atoms with van der Waals surface area (Å²) in [5.41, 5.74) is 1.54. The summed E-state index contributed by atoms with van der Waals surface area (Å²) in [5, 5.41) is 11.0. The van der Waals surface area contributed by atoms with Crippen LogP contribution in [0.5, 0.6) is 0 Å². The van der Waals surface area contributed by atoms with Crippen LogP contribution in [0.15, 0.2) is 72.8 Å². The third-order valence-corrected chi connectivity index (χ3v) is 6.20. The van der Waals surface area contributed by atoms with Crippen molar-refractivity contribution in [1.29, 1.82) is 0 Å². The molecule has 0 bridgehead atoms. The summed E-state index contributed by atoms with van der Waals surface area (Å²) in [4.78, 5) is 4.36. The molecule has 1 N–H and O–H groups in total. The van der Waals surface area contributed by atoms with Gasteiger partial charge in [0.2, 0.25) is 0 Å². The van der Waals surface area contributed by atoms with Gasteiger partial charge in [-0.25, -0.2) is 13.2 Å². The molecule has 168 valence electrons. The molecule has 0 aromatic heterocycles. The minimum atomic E-state index is -0.918. The van der Waals surface area contributed by atoms with Gasteiger partial charge in [0, 0.05) is 31.0 Å². The zero-order valence-electron chi connectivity index (χ0n) is 17.9. The van der Waals surface area contributed by atoms with Crippen molar-refractivity contribution in [3.63, 3.8) is 0 Å². The van der Waals surface area contributed by atoms with Crippen molar-refractivity contribution >= 4 is 11.4 Å². The molecule has 0 amide bonds. The second kappa shape index (κ2) is 9.76. The van der Waals surface area contributed by atoms with Gasteiger partial charge in [-0.1, -0.05) is 12.1 Å². The zero-order valence-corrected chi connectivity index (χ0v) is 17.9. The Morgan fingerprint density at radius 2 is 1.16 bits per heavy atom. The number of hydrogen-bond donors (Lipinski definition) is 1. The molecule has 0 aliphatic carbocycles. The summed E-state index contributed by atoms with van der Waals surface area (Å²) < 4.78 is 40.0. The number of hydrogen-bond acceptors (Lipinski definition) is 3. The Bertz CT molecular complexity index is 953. The van der Waals surface area contributed by atoms with Crippen LogP contribution in [0.3, 0.4) is 0 Å². The Kier molecular flexibility index (Phi) is 6.82. The fourth-order valence-electron chi connectivity index (χ4n) is 4.30. The minimum absolute atomic E-state index is 0.297. The molecule has 1 saturated heterocycles. The monoisotopic (exact) mass is 440 g/mol. The van der Waals surface area contributed by atoms with E-state index in [9.17, 15) is 18.3 Å². The average molecular weight is 441 g/mol. The van der Waals surface area contributed by atoms with Gasteiger partial charge in [-0.05, 0) is 92.0 Å². The van der Waals surface area contributed by atoms with Crippen LogP contribution in [0.2, 0.25) is 0 Å². The fraction of sp³-hybridized carbons (Fsp3) is 0.308. The van der Waals surface area contributed by atoms with E-state index < -0.39 is 5.60 Å². The van der Waals surface area contributed by atoms with Crippen molar-refractivity contribution in [3.8, 4) is 0 Å². The molecule has 0 spiro atoms. The molecule has 0 atom stereocenters. The molecule has 6 heteroatoms. The summed E-state index contributed by atoms with van der Waals surface area (Å²) in [7, 11) is 0. The van der Waals surface area contributed by atoms with Gasteiger partial charge in [-0.3, -0.25) is 0 Å². The third kappa shape index (κ3) is 5.31. The second-order valence-corrected chi connectivity index (χ2v) is 8.34. The molecule has 1 aliphatic heterocycles. The van der Waals surface area contributed by atoms with Gasteiger partial charge in [0.05, 0.1) is 5.60 Å². The SMILES string of the molecule is OC1(c2ccc(F)cc2)CCN(CCCN(c2ccc(F)cc2)c2ccc(F)cc2)CC1. The summed E-state index contributed by atoms with van der Waals surface area (Å²) in [6, 6.07) is 18.7. The number of benzene rings is 3. The molecular formula is C26H27F3N2O. The number of rotatable bonds is 7. The van der Waals surface area contributed by atoms with Gasteiger partial charge in [-0.15, -0.1) is 0 Å². The molecule has 3 aromatic rings. The van der Waals surface area contributed by atoms with E-state index in [1.54, 1.807) is 36.4 Å². The Morgan fingerprint density at radius 1 is 0.719 bits per heavy atom. The first-order valence-corrected chi connectivity index (χ1v) is 10.9. The molecular weight excluding hydrogens is 413 g/mol. The summed E-state index contributed by atoms with van der Waals surface area (Å²) in [5.74, 6) is -0.897. The van der Waals surface area contributed by atoms with Gasteiger partial charge in [0.25, 0.3) is 0 Å². The maximum atomic E-state index is 13.4. The Hall–Kier alpha value is -2.83. The predicted molar refractivity (Wildman–Crippen MR) is 120 cm³/mol. The van der Waals surface area contributed by atoms with Crippen molar-refractivity contribution in [3.05, 3.63) is 95.8 Å². The lowest BCUT2D eigenvalue weighted by atomic mass is 9.84. The Balaban J connectivity index is 1.35. The number of piperidine rings is 1. The number of nitrogens with zero attached hydrogens (tertiary/aromatic N) is 2. The van der Waals surface area contributed by atoms with Gasteiger partial charge >= 0.3 is 0 Å². The molecule has 0 radical (unpaired) electrons. The van der Waals surface area contributed by atoms with E-state index in [4.69, 9.17) is 0 Å². The molecule has 0 saturated carbocycles. The van der Waals surface area contributed by atoms with Gasteiger partial charge in [0.15, 0.2) is 0 Å². The lowest BCUT2D eigenvalue weighted by Crippen LogP contribution is -2.43. The van der Waals surface area contributed by atoms with Crippen LogP contribution in [-0.2, 0) is 5.60 Å². The third-order valence-electron chi connectivity index (χ3n) is 6.20. The molecule has 1 heterocycles. The van der Waals surface area contributed by atoms with E-state index in [-0.39, 0.29) is 17.5 Å². The maximum Gasteiger partial charge on any atom is 0.123 e. The van der Waals surface area contributed by atoms with Crippen molar-refractivity contribution < 1.29 is 18.3 Å². The summed E-state index contributed by atoms with van der Waals surface area (Å²) >= 11 is 0. The van der Waals surface area contributed by atoms with E-state index in [0.717, 1.165) is 43.0 Å². The van der Waals surface area contributed by atoms with Crippen LogP contribution >= 0.6 is 0 Å². The highest BCUT2D eigenvalue weighted by molar-refractivity contribution is 5.63. The van der Waals surface area contributed by atoms with Crippen LogP contribution in [0, 0.1) is 17.5 Å². The summed E-state index contributed by atoms with van der Waals surface area (Å²) in [6.45, 7) is 3.04. The van der Waals surface area contributed by atoms with Crippen LogP contribution in [0.4, 0.5) is 24.5 Å². The van der Waals surface area contributed by atoms with Crippen LogP contribution in [0.1, 0.15) is 24.8 Å². The smallest absolute Gasteiger partial charge is 0.123 e. The highest BCUT2D eigenvalue weighted by atomic mass is 19.1. The molecule has 4 rings (SSSR count). The lowest BCUT2D eigenvalue weighted by Gasteiger charge is -2.39. The Labute approximate surface area is 186 Å². The molecule has 3 aromatic carbocycles. The van der Waals surface area contributed by atoms with Crippen molar-refractivity contribution in [2.75, 3.05) is 31.1 Å². The predicted octanol–water partition coefficient (Wildman–Crippen LogP) is 5.62. The molecule has 1 aliphatic rings. The second-order valence-electron chi connectivity index (χ2n) is 8.34. The van der Waals surface area contributed by atoms with Gasteiger partial charge in [0.1, 0.15) is 17.5 Å². The van der Waals surface area contributed by atoms with Gasteiger partial charge in [-0.2, -0.15) is 0 Å².